The summed E-state index contributed by atoms with van der Waals surface area (Å²) in [6.07, 6.45) is 0. The fraction of sp³-hybridized carbons (Fsp3) is 0.667. The zero-order chi connectivity index (χ0) is 11.1. The molecular weight excluding hydrogens is 284 g/mol. The van der Waals surface area contributed by atoms with E-state index < -0.39 is 7.82 Å². The van der Waals surface area contributed by atoms with Gasteiger partial charge in [-0.1, -0.05) is 0 Å². The van der Waals surface area contributed by atoms with Crippen LogP contribution in [0.3, 0.4) is 0 Å². The maximum Gasteiger partial charge on any atom is 0.241 e. The molecule has 8 heteroatoms. The van der Waals surface area contributed by atoms with Gasteiger partial charge < -0.3 is 19.6 Å². The number of phosphoric acid groups is 1. The third-order valence-corrected chi connectivity index (χ3v) is 1.51. The molecule has 0 fully saturated rings. The molecule has 0 spiro atoms. The van der Waals surface area contributed by atoms with E-state index in [4.69, 9.17) is 0 Å². The number of nitrogens with two attached hydrogens (primary N) is 1. The van der Waals surface area contributed by atoms with Crippen molar-refractivity contribution < 1.29 is 55.7 Å². The summed E-state index contributed by atoms with van der Waals surface area (Å²) in [7, 11) is 6.74. The first kappa shape index (κ1) is 20.5. The third kappa shape index (κ3) is 15.6. The Morgan fingerprint density at radius 3 is 2.00 bits per heavy atom. The second-order valence-corrected chi connectivity index (χ2v) is 4.54. The molecule has 0 aromatic heterocycles. The van der Waals surface area contributed by atoms with Crippen LogP contribution >= 0.6 is 7.82 Å². The smallest absolute Gasteiger partial charge is 0.241 e. The van der Waals surface area contributed by atoms with Crippen LogP contribution in [0, 0.1) is 14.2 Å². The molecule has 0 amide bonds. The fourth-order valence-corrected chi connectivity index (χ4v) is 0.844. The first-order chi connectivity index (χ1) is 5.77. The summed E-state index contributed by atoms with van der Waals surface area (Å²) in [5, 5.41) is 0. The van der Waals surface area contributed by atoms with Gasteiger partial charge >= 0.3 is 0 Å². The van der Waals surface area contributed by atoms with E-state index in [0.29, 0.717) is 4.48 Å². The topological polar surface area (TPSA) is 84.6 Å². The molecule has 0 aromatic rings. The van der Waals surface area contributed by atoms with Gasteiger partial charge in [0.25, 0.3) is 0 Å². The van der Waals surface area contributed by atoms with Crippen molar-refractivity contribution in [3.05, 3.63) is 14.2 Å². The summed E-state index contributed by atoms with van der Waals surface area (Å²) in [6.45, 7) is 0.0380. The van der Waals surface area contributed by atoms with E-state index in [1.807, 2.05) is 0 Å². The van der Waals surface area contributed by atoms with E-state index in [0.717, 1.165) is 0 Å². The van der Waals surface area contributed by atoms with Crippen molar-refractivity contribution >= 4 is 7.82 Å². The van der Waals surface area contributed by atoms with Gasteiger partial charge in [-0.15, -0.1) is 0 Å². The Morgan fingerprint density at radius 2 is 1.79 bits per heavy atom. The van der Waals surface area contributed by atoms with Crippen LogP contribution < -0.4 is 10.6 Å². The number of quaternary nitrogens is 1. The molecule has 1 unspecified atom stereocenters. The Morgan fingerprint density at radius 1 is 1.43 bits per heavy atom. The number of rotatable bonds is 4. The van der Waals surface area contributed by atoms with Crippen LogP contribution in [-0.4, -0.2) is 32.4 Å². The minimum atomic E-state index is -4.15. The van der Waals surface area contributed by atoms with E-state index in [1.54, 1.807) is 21.1 Å². The molecule has 0 aliphatic heterocycles. The summed E-state index contributed by atoms with van der Waals surface area (Å²) in [5.74, 6) is 0. The average molecular weight is 301 g/mol. The average Bonchev–Trinajstić information content (AvgIpc) is 2.04. The van der Waals surface area contributed by atoms with E-state index in [-0.39, 0.29) is 39.4 Å². The Labute approximate surface area is 111 Å². The molecule has 6 nitrogen and oxygen atoms in total. The van der Waals surface area contributed by atoms with Crippen molar-refractivity contribution in [2.45, 2.75) is 0 Å². The molecule has 0 bridgehead atoms. The third-order valence-electron chi connectivity index (χ3n) is 0.761. The van der Waals surface area contributed by atoms with Gasteiger partial charge in [0.1, 0.15) is 0 Å². The van der Waals surface area contributed by atoms with Crippen LogP contribution in [0.1, 0.15) is 0 Å². The van der Waals surface area contributed by atoms with Gasteiger partial charge in [-0.2, -0.15) is 0 Å². The molecule has 0 aliphatic rings. The zero-order valence-corrected chi connectivity index (χ0v) is 12.5. The van der Waals surface area contributed by atoms with Gasteiger partial charge in [-0.25, -0.2) is 7.11 Å². The summed E-state index contributed by atoms with van der Waals surface area (Å²) < 4.78 is 19.2. The van der Waals surface area contributed by atoms with E-state index in [9.17, 15) is 9.46 Å². The van der Waals surface area contributed by atoms with E-state index >= 15 is 0 Å². The van der Waals surface area contributed by atoms with Crippen molar-refractivity contribution in [1.29, 1.82) is 0 Å². The minimum Gasteiger partial charge on any atom is -0.758 e. The zero-order valence-electron chi connectivity index (χ0n) is 8.80. The van der Waals surface area contributed by atoms with Gasteiger partial charge in [-0.3, -0.25) is 16.1 Å². The SMILES string of the molecule is [CH2-]N.[CH2-]OP(=O)([O-])OC[N+](C)(C)C.[Y]. The van der Waals surface area contributed by atoms with Crippen LogP contribution in [0.4, 0.5) is 0 Å². The second kappa shape index (κ2) is 9.37. The Bertz CT molecular complexity index is 174. The Balaban J connectivity index is -0.000000376. The van der Waals surface area contributed by atoms with Crippen LogP contribution in [0.25, 0.3) is 0 Å². The van der Waals surface area contributed by atoms with Crippen LogP contribution in [0.2, 0.25) is 0 Å². The number of hydrogen-bond acceptors (Lipinski definition) is 5. The van der Waals surface area contributed by atoms with Crippen LogP contribution in [-0.2, 0) is 46.3 Å². The number of hydrogen-bond donors (Lipinski definition) is 1. The first-order valence-corrected chi connectivity index (χ1v) is 4.83. The quantitative estimate of drug-likeness (QED) is 0.333. The molecule has 0 saturated carbocycles. The van der Waals surface area contributed by atoms with Gasteiger partial charge in [0.05, 0.1) is 21.1 Å². The maximum absolute atomic E-state index is 10.6. The second-order valence-electron chi connectivity index (χ2n) is 3.12. The normalized spacial score (nSPS) is 14.5. The number of phosphoric ester groups is 1. The molecule has 0 aromatic carbocycles. The fourth-order valence-electron chi connectivity index (χ4n) is 0.281. The molecule has 1 radical (unpaired) electrons. The molecule has 14 heavy (non-hydrogen) atoms. The summed E-state index contributed by atoms with van der Waals surface area (Å²) in [6, 6.07) is 0. The van der Waals surface area contributed by atoms with Crippen molar-refractivity contribution in [2.75, 3.05) is 27.9 Å². The van der Waals surface area contributed by atoms with Gasteiger partial charge in [-0.05, 0) is 0 Å². The molecule has 2 N–H and O–H groups in total. The molecule has 0 heterocycles. The van der Waals surface area contributed by atoms with E-state index in [1.165, 1.54) is 0 Å². The molecule has 0 rings (SSSR count). The van der Waals surface area contributed by atoms with E-state index in [2.05, 4.69) is 28.9 Å². The van der Waals surface area contributed by atoms with Crippen molar-refractivity contribution in [1.82, 2.24) is 0 Å². The first-order valence-electron chi connectivity index (χ1n) is 3.37. The predicted octanol–water partition coefficient (Wildman–Crippen LogP) is -0.323. The molecule has 85 valence electrons. The summed E-state index contributed by atoms with van der Waals surface area (Å²) in [5.41, 5.74) is 4.25. The molecule has 0 saturated heterocycles. The largest absolute Gasteiger partial charge is 0.758 e. The monoisotopic (exact) mass is 301 g/mol. The van der Waals surface area contributed by atoms with Crippen molar-refractivity contribution in [3.8, 4) is 0 Å². The standard InChI is InChI=1S/C5H14NO4P.CH4N.Y/c1-6(2,3)5-10-11(7,8)9-4;1-2;/h4-5H2,1-3H3,(H,7,8);1-2H2;/q;-1;/p-1. The van der Waals surface area contributed by atoms with Gasteiger partial charge in [0, 0.05) is 32.7 Å². The van der Waals surface area contributed by atoms with Crippen molar-refractivity contribution in [3.63, 3.8) is 0 Å². The van der Waals surface area contributed by atoms with Crippen LogP contribution in [0.15, 0.2) is 0 Å². The minimum absolute atomic E-state index is 0. The summed E-state index contributed by atoms with van der Waals surface area (Å²) >= 11 is 0. The van der Waals surface area contributed by atoms with Crippen LogP contribution in [0.5, 0.6) is 0 Å². The number of nitrogens with zero attached hydrogens (tertiary/aromatic N) is 1. The Hall–Kier alpha value is 1.13. The Kier molecular flexibility index (Phi) is 13.7. The predicted molar refractivity (Wildman–Crippen MR) is 47.6 cm³/mol. The molecule has 1 atom stereocenters. The van der Waals surface area contributed by atoms with Gasteiger partial charge in [0.15, 0.2) is 6.73 Å². The molecule has 0 aliphatic carbocycles. The van der Waals surface area contributed by atoms with Crippen molar-refractivity contribution in [2.24, 2.45) is 5.73 Å². The molecular formula is C6H17N2O4PY-2. The van der Waals surface area contributed by atoms with Gasteiger partial charge in [0.2, 0.25) is 7.82 Å². The maximum atomic E-state index is 10.6. The summed E-state index contributed by atoms with van der Waals surface area (Å²) in [4.78, 5) is 10.6.